The van der Waals surface area contributed by atoms with Crippen molar-refractivity contribution in [2.24, 2.45) is 0 Å². The van der Waals surface area contributed by atoms with E-state index in [1.807, 2.05) is 55.5 Å². The van der Waals surface area contributed by atoms with Gasteiger partial charge in [0.1, 0.15) is 12.1 Å². The van der Waals surface area contributed by atoms with E-state index in [4.69, 9.17) is 0 Å². The van der Waals surface area contributed by atoms with Crippen molar-refractivity contribution in [2.45, 2.75) is 31.8 Å². The fourth-order valence-electron chi connectivity index (χ4n) is 4.04. The molecule has 4 rings (SSSR count). The Morgan fingerprint density at radius 2 is 1.82 bits per heavy atom. The van der Waals surface area contributed by atoms with Crippen LogP contribution < -0.4 is 20.9 Å². The summed E-state index contributed by atoms with van der Waals surface area (Å²) < 4.78 is 0. The molecule has 1 spiro atoms. The van der Waals surface area contributed by atoms with E-state index in [1.54, 1.807) is 4.90 Å². The summed E-state index contributed by atoms with van der Waals surface area (Å²) in [6.45, 7) is 4.09. The van der Waals surface area contributed by atoms with Crippen molar-refractivity contribution in [1.29, 1.82) is 0 Å². The number of nitrogens with zero attached hydrogens (tertiary/aromatic N) is 1. The number of anilines is 2. The van der Waals surface area contributed by atoms with Crippen LogP contribution in [0.2, 0.25) is 0 Å². The van der Waals surface area contributed by atoms with Crippen LogP contribution in [0.25, 0.3) is 0 Å². The SMILES string of the molecule is Cc1ccccc1CNC(=O)CN1C(=O)C2(CCNCC2)Nc2ccccc21. The van der Waals surface area contributed by atoms with Crippen LogP contribution in [0.1, 0.15) is 24.0 Å². The van der Waals surface area contributed by atoms with Crippen molar-refractivity contribution < 1.29 is 9.59 Å². The van der Waals surface area contributed by atoms with E-state index in [9.17, 15) is 9.59 Å². The second-order valence-electron chi connectivity index (χ2n) is 7.57. The van der Waals surface area contributed by atoms with E-state index < -0.39 is 5.54 Å². The van der Waals surface area contributed by atoms with E-state index in [2.05, 4.69) is 16.0 Å². The number of piperidine rings is 1. The van der Waals surface area contributed by atoms with Crippen molar-refractivity contribution in [3.63, 3.8) is 0 Å². The summed E-state index contributed by atoms with van der Waals surface area (Å²) >= 11 is 0. The molecule has 1 fully saturated rings. The lowest BCUT2D eigenvalue weighted by atomic mass is 9.84. The number of para-hydroxylation sites is 2. The number of rotatable bonds is 4. The number of fused-ring (bicyclic) bond motifs is 1. The predicted octanol–water partition coefficient (Wildman–Crippen LogP) is 2.19. The van der Waals surface area contributed by atoms with E-state index in [0.717, 1.165) is 35.6 Å². The lowest BCUT2D eigenvalue weighted by Gasteiger charge is -2.45. The normalized spacial score (nSPS) is 17.8. The molecule has 2 aliphatic rings. The molecule has 0 atom stereocenters. The molecule has 6 heteroatoms. The minimum atomic E-state index is -0.629. The first-order valence-electron chi connectivity index (χ1n) is 9.80. The van der Waals surface area contributed by atoms with Crippen LogP contribution in [0.5, 0.6) is 0 Å². The first-order chi connectivity index (χ1) is 13.6. The van der Waals surface area contributed by atoms with Crippen molar-refractivity contribution >= 4 is 23.2 Å². The molecule has 2 aromatic rings. The van der Waals surface area contributed by atoms with Gasteiger partial charge in [0.25, 0.3) is 5.91 Å². The smallest absolute Gasteiger partial charge is 0.253 e. The van der Waals surface area contributed by atoms with Crippen molar-refractivity contribution in [3.8, 4) is 0 Å². The predicted molar refractivity (Wildman–Crippen MR) is 110 cm³/mol. The maximum atomic E-state index is 13.4. The summed E-state index contributed by atoms with van der Waals surface area (Å²) in [6.07, 6.45) is 1.42. The second-order valence-corrected chi connectivity index (χ2v) is 7.57. The Balaban J connectivity index is 1.52. The highest BCUT2D eigenvalue weighted by Gasteiger charge is 2.46. The summed E-state index contributed by atoms with van der Waals surface area (Å²) in [4.78, 5) is 27.7. The fourth-order valence-corrected chi connectivity index (χ4v) is 4.04. The van der Waals surface area contributed by atoms with Crippen LogP contribution >= 0.6 is 0 Å². The third kappa shape index (κ3) is 3.47. The molecule has 2 aliphatic heterocycles. The number of hydrogen-bond donors (Lipinski definition) is 3. The fraction of sp³-hybridized carbons (Fsp3) is 0.364. The van der Waals surface area contributed by atoms with Crippen LogP contribution in [0, 0.1) is 6.92 Å². The van der Waals surface area contributed by atoms with Gasteiger partial charge in [0.2, 0.25) is 5.91 Å². The maximum Gasteiger partial charge on any atom is 0.253 e. The summed E-state index contributed by atoms with van der Waals surface area (Å²) in [5, 5.41) is 9.74. The standard InChI is InChI=1S/C22H26N4O2/c1-16-6-2-3-7-17(16)14-24-20(27)15-26-19-9-5-4-8-18(19)25-22(21(26)28)10-12-23-13-11-22/h2-9,23,25H,10-15H2,1H3,(H,24,27). The minimum Gasteiger partial charge on any atom is -0.369 e. The number of benzene rings is 2. The van der Waals surface area contributed by atoms with Crippen molar-refractivity contribution in [2.75, 3.05) is 29.9 Å². The summed E-state index contributed by atoms with van der Waals surface area (Å²) in [5.74, 6) is -0.170. The summed E-state index contributed by atoms with van der Waals surface area (Å²) in [7, 11) is 0. The highest BCUT2D eigenvalue weighted by Crippen LogP contribution is 2.38. The number of hydrogen-bond acceptors (Lipinski definition) is 4. The molecule has 0 radical (unpaired) electrons. The van der Waals surface area contributed by atoms with Gasteiger partial charge in [0.05, 0.1) is 11.4 Å². The lowest BCUT2D eigenvalue weighted by molar-refractivity contribution is -0.127. The average molecular weight is 378 g/mol. The van der Waals surface area contributed by atoms with Crippen LogP contribution in [0.4, 0.5) is 11.4 Å². The molecule has 0 bridgehead atoms. The first kappa shape index (κ1) is 18.5. The van der Waals surface area contributed by atoms with Gasteiger partial charge in [0, 0.05) is 6.54 Å². The van der Waals surface area contributed by atoms with Gasteiger partial charge in [-0.05, 0) is 56.1 Å². The quantitative estimate of drug-likeness (QED) is 0.763. The number of nitrogens with one attached hydrogen (secondary N) is 3. The third-order valence-electron chi connectivity index (χ3n) is 5.72. The Hall–Kier alpha value is -2.86. The Labute approximate surface area is 165 Å². The Morgan fingerprint density at radius 1 is 1.11 bits per heavy atom. The molecular weight excluding hydrogens is 352 g/mol. The molecule has 0 aliphatic carbocycles. The molecule has 2 heterocycles. The van der Waals surface area contributed by atoms with Crippen molar-refractivity contribution in [1.82, 2.24) is 10.6 Å². The Kier molecular flexibility index (Phi) is 5.05. The minimum absolute atomic E-state index is 0.0151. The first-order valence-corrected chi connectivity index (χ1v) is 9.80. The monoisotopic (exact) mass is 378 g/mol. The zero-order chi connectivity index (χ0) is 19.6. The molecule has 1 saturated heterocycles. The lowest BCUT2D eigenvalue weighted by Crippen LogP contribution is -2.62. The number of amides is 2. The van der Waals surface area contributed by atoms with Gasteiger partial charge in [-0.3, -0.25) is 14.5 Å². The molecular formula is C22H26N4O2. The Bertz CT molecular complexity index is 890. The molecule has 3 N–H and O–H groups in total. The number of aryl methyl sites for hydroxylation is 1. The Morgan fingerprint density at radius 3 is 2.61 bits per heavy atom. The van der Waals surface area contributed by atoms with Crippen LogP contribution in [-0.4, -0.2) is 37.0 Å². The highest BCUT2D eigenvalue weighted by molar-refractivity contribution is 6.10. The van der Waals surface area contributed by atoms with Gasteiger partial charge in [-0.2, -0.15) is 0 Å². The maximum absolute atomic E-state index is 13.4. The van der Waals surface area contributed by atoms with Gasteiger partial charge in [-0.1, -0.05) is 36.4 Å². The van der Waals surface area contributed by atoms with Gasteiger partial charge in [-0.15, -0.1) is 0 Å². The zero-order valence-electron chi connectivity index (χ0n) is 16.1. The largest absolute Gasteiger partial charge is 0.369 e. The third-order valence-corrected chi connectivity index (χ3v) is 5.72. The summed E-state index contributed by atoms with van der Waals surface area (Å²) in [5.41, 5.74) is 3.27. The molecule has 0 aromatic heterocycles. The van der Waals surface area contributed by atoms with E-state index in [1.165, 1.54) is 0 Å². The van der Waals surface area contributed by atoms with Crippen LogP contribution in [0.3, 0.4) is 0 Å². The molecule has 146 valence electrons. The molecule has 6 nitrogen and oxygen atoms in total. The van der Waals surface area contributed by atoms with Crippen LogP contribution in [0.15, 0.2) is 48.5 Å². The van der Waals surface area contributed by atoms with Gasteiger partial charge >= 0.3 is 0 Å². The molecule has 0 unspecified atom stereocenters. The van der Waals surface area contributed by atoms with E-state index in [-0.39, 0.29) is 18.4 Å². The topological polar surface area (TPSA) is 73.5 Å². The molecule has 0 saturated carbocycles. The zero-order valence-corrected chi connectivity index (χ0v) is 16.1. The van der Waals surface area contributed by atoms with E-state index in [0.29, 0.717) is 19.4 Å². The number of carbonyl (C=O) groups excluding carboxylic acids is 2. The van der Waals surface area contributed by atoms with Crippen LogP contribution in [-0.2, 0) is 16.1 Å². The highest BCUT2D eigenvalue weighted by atomic mass is 16.2. The molecule has 2 aromatic carbocycles. The van der Waals surface area contributed by atoms with Gasteiger partial charge < -0.3 is 16.0 Å². The molecule has 2 amide bonds. The average Bonchev–Trinajstić information content (AvgIpc) is 2.71. The van der Waals surface area contributed by atoms with E-state index >= 15 is 0 Å². The van der Waals surface area contributed by atoms with Crippen molar-refractivity contribution in [3.05, 3.63) is 59.7 Å². The summed E-state index contributed by atoms with van der Waals surface area (Å²) in [6, 6.07) is 15.7. The number of carbonyl (C=O) groups is 2. The molecule has 28 heavy (non-hydrogen) atoms. The second kappa shape index (κ2) is 7.64. The van der Waals surface area contributed by atoms with Gasteiger partial charge in [-0.25, -0.2) is 0 Å². The van der Waals surface area contributed by atoms with Gasteiger partial charge in [0.15, 0.2) is 0 Å².